The summed E-state index contributed by atoms with van der Waals surface area (Å²) in [6.07, 6.45) is 0. The second kappa shape index (κ2) is 19.4. The fraction of sp³-hybridized carbons (Fsp3) is 0.214. The highest BCUT2D eigenvalue weighted by Crippen LogP contribution is 2.14. The number of nitrogen functional groups attached to an aromatic ring is 2. The molecule has 0 bridgehead atoms. The first-order chi connectivity index (χ1) is 20.8. The third kappa shape index (κ3) is 12.8. The van der Waals surface area contributed by atoms with Gasteiger partial charge in [0.15, 0.2) is 10.3 Å². The Kier molecular flexibility index (Phi) is 15.6. The van der Waals surface area contributed by atoms with Crippen molar-refractivity contribution in [3.05, 3.63) is 93.9 Å². The average Bonchev–Trinajstić information content (AvgIpc) is 3.65. The molecule has 2 aromatic carbocycles. The van der Waals surface area contributed by atoms with Crippen LogP contribution in [0.25, 0.3) is 0 Å². The second-order valence-corrected chi connectivity index (χ2v) is 9.69. The molecule has 0 amide bonds. The van der Waals surface area contributed by atoms with Crippen molar-refractivity contribution in [3.8, 4) is 0 Å². The van der Waals surface area contributed by atoms with Gasteiger partial charge in [0.05, 0.1) is 19.8 Å². The Morgan fingerprint density at radius 2 is 1.23 bits per heavy atom. The van der Waals surface area contributed by atoms with Crippen molar-refractivity contribution in [2.75, 3.05) is 24.7 Å². The number of oxime groups is 1. The summed E-state index contributed by atoms with van der Waals surface area (Å²) in [7, 11) is 0. The normalized spacial score (nSPS) is 10.3. The maximum Gasteiger partial charge on any atom is 0.381 e. The summed E-state index contributed by atoms with van der Waals surface area (Å²) in [6, 6.07) is 19.3. The van der Waals surface area contributed by atoms with Crippen LogP contribution in [0.3, 0.4) is 0 Å². The van der Waals surface area contributed by atoms with Crippen LogP contribution in [0.5, 0.6) is 0 Å². The van der Waals surface area contributed by atoms with Gasteiger partial charge in [0.1, 0.15) is 18.0 Å². The van der Waals surface area contributed by atoms with Gasteiger partial charge in [-0.2, -0.15) is 0 Å². The van der Waals surface area contributed by atoms with E-state index in [1.165, 1.54) is 16.7 Å². The Morgan fingerprint density at radius 3 is 1.70 bits per heavy atom. The molecule has 2 aromatic heterocycles. The van der Waals surface area contributed by atoms with Crippen LogP contribution in [0.2, 0.25) is 0 Å². The van der Waals surface area contributed by atoms with Crippen LogP contribution in [0.15, 0.2) is 76.6 Å². The number of aromatic nitrogens is 2. The summed E-state index contributed by atoms with van der Waals surface area (Å²) in [5.41, 5.74) is 13.3. The second-order valence-electron chi connectivity index (χ2n) is 7.91. The topological polar surface area (TPSA) is 204 Å². The van der Waals surface area contributed by atoms with Gasteiger partial charge in [-0.1, -0.05) is 65.8 Å². The lowest BCUT2D eigenvalue weighted by molar-refractivity contribution is -0.137. The molecule has 43 heavy (non-hydrogen) atoms. The fourth-order valence-electron chi connectivity index (χ4n) is 2.89. The van der Waals surface area contributed by atoms with E-state index in [2.05, 4.69) is 24.7 Å². The average molecular weight is 629 g/mol. The summed E-state index contributed by atoms with van der Waals surface area (Å²) in [5.74, 6) is 2.62. The number of Topliss-reactive ketones (excluding diaryl/α,β-unsaturated/α-hetero) is 1. The number of ketones is 1. The van der Waals surface area contributed by atoms with Gasteiger partial charge in [-0.3, -0.25) is 9.63 Å². The molecule has 2 heterocycles. The van der Waals surface area contributed by atoms with Gasteiger partial charge in [-0.25, -0.2) is 25.5 Å². The zero-order valence-electron chi connectivity index (χ0n) is 23.5. The number of hydrogen-bond donors (Lipinski definition) is 3. The first-order valence-electron chi connectivity index (χ1n) is 12.7. The van der Waals surface area contributed by atoms with E-state index in [1.807, 2.05) is 60.7 Å². The Morgan fingerprint density at radius 1 is 0.744 bits per heavy atom. The predicted octanol–water partition coefficient (Wildman–Crippen LogP) is 3.76. The van der Waals surface area contributed by atoms with Crippen LogP contribution in [0.4, 0.5) is 10.3 Å². The minimum Gasteiger partial charge on any atom is -0.461 e. The van der Waals surface area contributed by atoms with E-state index in [0.717, 1.165) is 22.5 Å². The van der Waals surface area contributed by atoms with Crippen molar-refractivity contribution >= 4 is 56.4 Å². The van der Waals surface area contributed by atoms with Crippen LogP contribution in [0.1, 0.15) is 41.2 Å². The van der Waals surface area contributed by atoms with Crippen molar-refractivity contribution in [3.63, 3.8) is 0 Å². The predicted molar refractivity (Wildman–Crippen MR) is 164 cm³/mol. The van der Waals surface area contributed by atoms with Gasteiger partial charge in [0, 0.05) is 10.8 Å². The first-order valence-corrected chi connectivity index (χ1v) is 14.4. The number of rotatable bonds is 11. The number of ether oxygens (including phenoxy) is 2. The highest BCUT2D eigenvalue weighted by molar-refractivity contribution is 7.14. The van der Waals surface area contributed by atoms with E-state index >= 15 is 0 Å². The SMILES string of the molecule is CCOC(=O)/C(=N\OCc1ccccc1)c1csc(N)n1.CCOC(=O)C(=O)c1csc(N)n1.NOCc1ccccc1. The highest BCUT2D eigenvalue weighted by Gasteiger charge is 2.20. The Balaban J connectivity index is 0.000000249. The number of carbonyl (C=O) groups excluding carboxylic acids is 3. The Bertz CT molecular complexity index is 1450. The van der Waals surface area contributed by atoms with E-state index in [1.54, 1.807) is 19.2 Å². The molecule has 0 radical (unpaired) electrons. The number of hydrogen-bond acceptors (Lipinski definition) is 15. The number of anilines is 2. The zero-order chi connectivity index (χ0) is 31.5. The lowest BCUT2D eigenvalue weighted by Crippen LogP contribution is -2.19. The molecule has 13 nitrogen and oxygen atoms in total. The molecule has 0 unspecified atom stereocenters. The monoisotopic (exact) mass is 628 g/mol. The van der Waals surface area contributed by atoms with Crippen molar-refractivity contribution in [1.82, 2.24) is 9.97 Å². The summed E-state index contributed by atoms with van der Waals surface area (Å²) in [4.78, 5) is 51.3. The minimum absolute atomic E-state index is 0.0146. The van der Waals surface area contributed by atoms with Crippen molar-refractivity contribution in [2.45, 2.75) is 27.1 Å². The van der Waals surface area contributed by atoms with E-state index in [-0.39, 0.29) is 36.4 Å². The molecule has 0 fully saturated rings. The van der Waals surface area contributed by atoms with E-state index in [4.69, 9.17) is 26.9 Å². The number of esters is 2. The van der Waals surface area contributed by atoms with Crippen LogP contribution in [-0.4, -0.2) is 46.6 Å². The molecule has 0 atom stereocenters. The van der Waals surface area contributed by atoms with Crippen LogP contribution in [-0.2, 0) is 42.0 Å². The van der Waals surface area contributed by atoms with E-state index < -0.39 is 17.7 Å². The molecular formula is C28H32N6O7S2. The standard InChI is InChI=1S/C14H15N3O3S.C7H8N2O3S.C7H9NO/c1-2-19-13(18)12(11-9-21-14(15)16-11)17-20-8-10-6-4-3-5-7-10;1-2-12-6(11)5(10)4-3-13-7(8)9-4;8-9-6-7-4-2-1-3-5-7/h3-7,9H,2,8H2,1H3,(H2,15,16);3H,2H2,1H3,(H2,8,9);1-5H,6,8H2/b17-12-;;. The van der Waals surface area contributed by atoms with Gasteiger partial charge in [-0.05, 0) is 25.0 Å². The summed E-state index contributed by atoms with van der Waals surface area (Å²) >= 11 is 2.33. The number of nitrogens with two attached hydrogens (primary N) is 3. The molecule has 0 aliphatic carbocycles. The quantitative estimate of drug-likeness (QED) is 0.0714. The molecule has 4 rings (SSSR count). The molecule has 0 aliphatic rings. The van der Waals surface area contributed by atoms with Gasteiger partial charge in [0.25, 0.3) is 5.78 Å². The van der Waals surface area contributed by atoms with Gasteiger partial charge in [-0.15, -0.1) is 22.7 Å². The van der Waals surface area contributed by atoms with E-state index in [0.29, 0.717) is 17.4 Å². The van der Waals surface area contributed by atoms with E-state index in [9.17, 15) is 14.4 Å². The van der Waals surface area contributed by atoms with Crippen LogP contribution in [0, 0.1) is 0 Å². The third-order valence-corrected chi connectivity index (χ3v) is 6.12. The molecule has 0 saturated carbocycles. The maximum absolute atomic E-state index is 11.9. The van der Waals surface area contributed by atoms with Gasteiger partial charge < -0.3 is 25.8 Å². The number of nitrogens with zero attached hydrogens (tertiary/aromatic N) is 3. The lowest BCUT2D eigenvalue weighted by Gasteiger charge is -2.04. The first kappa shape index (κ1) is 34.5. The van der Waals surface area contributed by atoms with Crippen molar-refractivity contribution < 1.29 is 33.5 Å². The Hall–Kier alpha value is -4.70. The minimum atomic E-state index is -0.896. The molecule has 4 aromatic rings. The smallest absolute Gasteiger partial charge is 0.381 e. The molecular weight excluding hydrogens is 596 g/mol. The number of carbonyl (C=O) groups is 3. The fourth-order valence-corrected chi connectivity index (χ4v) is 3.98. The molecule has 228 valence electrons. The number of thiazole rings is 2. The molecule has 0 spiro atoms. The molecule has 0 saturated heterocycles. The Labute approximate surface area is 256 Å². The van der Waals surface area contributed by atoms with Gasteiger partial charge in [0.2, 0.25) is 5.71 Å². The van der Waals surface area contributed by atoms with Crippen molar-refractivity contribution in [2.24, 2.45) is 11.1 Å². The summed E-state index contributed by atoms with van der Waals surface area (Å²) in [5, 5.41) is 7.52. The van der Waals surface area contributed by atoms with Crippen LogP contribution < -0.4 is 17.4 Å². The summed E-state index contributed by atoms with van der Waals surface area (Å²) in [6.45, 7) is 4.50. The summed E-state index contributed by atoms with van der Waals surface area (Å²) < 4.78 is 9.45. The largest absolute Gasteiger partial charge is 0.461 e. The molecule has 6 N–H and O–H groups in total. The maximum atomic E-state index is 11.9. The molecule has 15 heteroatoms. The lowest BCUT2D eigenvalue weighted by atomic mass is 10.2. The zero-order valence-corrected chi connectivity index (χ0v) is 25.1. The van der Waals surface area contributed by atoms with Crippen molar-refractivity contribution in [1.29, 1.82) is 0 Å². The number of benzene rings is 2. The van der Waals surface area contributed by atoms with Gasteiger partial charge >= 0.3 is 11.9 Å². The third-order valence-electron chi connectivity index (χ3n) is 4.77. The molecule has 0 aliphatic heterocycles. The van der Waals surface area contributed by atoms with Crippen LogP contribution >= 0.6 is 22.7 Å². The highest BCUT2D eigenvalue weighted by atomic mass is 32.1.